The molecule has 0 aliphatic heterocycles. The number of carboxylic acid groups (broad SMARTS) is 1. The first-order valence-electron chi connectivity index (χ1n) is 3.61. The second kappa shape index (κ2) is 3.99. The average Bonchev–Trinajstić information content (AvgIpc) is 2.01. The summed E-state index contributed by atoms with van der Waals surface area (Å²) in [6.07, 6.45) is 0. The summed E-state index contributed by atoms with van der Waals surface area (Å²) < 4.78 is 38.0. The van der Waals surface area contributed by atoms with Crippen LogP contribution in [-0.2, 0) is 4.79 Å². The molecular formula is C8H6F3NO2. The van der Waals surface area contributed by atoms with Crippen LogP contribution in [0.3, 0.4) is 0 Å². The van der Waals surface area contributed by atoms with Crippen molar-refractivity contribution in [3.05, 3.63) is 29.6 Å². The third kappa shape index (κ3) is 2.38. The van der Waals surface area contributed by atoms with Crippen LogP contribution in [-0.4, -0.2) is 17.6 Å². The highest BCUT2D eigenvalue weighted by atomic mass is 19.1. The largest absolute Gasteiger partial charge is 0.480 e. The number of benzene rings is 1. The molecule has 0 heterocycles. The summed E-state index contributed by atoms with van der Waals surface area (Å²) >= 11 is 0. The highest BCUT2D eigenvalue weighted by Crippen LogP contribution is 2.19. The number of anilines is 1. The van der Waals surface area contributed by atoms with Gasteiger partial charge in [-0.2, -0.15) is 0 Å². The minimum atomic E-state index is -1.27. The highest BCUT2D eigenvalue weighted by Gasteiger charge is 2.11. The fraction of sp³-hybridized carbons (Fsp3) is 0.125. The number of nitrogens with one attached hydrogen (secondary N) is 1. The Bertz CT molecular complexity index is 345. The van der Waals surface area contributed by atoms with Crippen LogP contribution < -0.4 is 5.32 Å². The van der Waals surface area contributed by atoms with Gasteiger partial charge in [0.2, 0.25) is 0 Å². The zero-order valence-corrected chi connectivity index (χ0v) is 6.85. The fourth-order valence-electron chi connectivity index (χ4n) is 0.875. The first kappa shape index (κ1) is 10.4. The summed E-state index contributed by atoms with van der Waals surface area (Å²) in [5.74, 6) is -4.65. The van der Waals surface area contributed by atoms with Crippen LogP contribution >= 0.6 is 0 Å². The third-order valence-corrected chi connectivity index (χ3v) is 1.42. The molecule has 1 aromatic carbocycles. The van der Waals surface area contributed by atoms with Gasteiger partial charge in [-0.1, -0.05) is 0 Å². The Balaban J connectivity index is 2.91. The number of aliphatic carboxylic acids is 1. The molecule has 0 saturated carbocycles. The molecule has 0 atom stereocenters. The quantitative estimate of drug-likeness (QED) is 0.787. The minimum Gasteiger partial charge on any atom is -0.480 e. The number of hydrogen-bond donors (Lipinski definition) is 2. The molecule has 0 unspecified atom stereocenters. The monoisotopic (exact) mass is 205 g/mol. The molecule has 0 spiro atoms. The van der Waals surface area contributed by atoms with E-state index >= 15 is 0 Å². The summed E-state index contributed by atoms with van der Waals surface area (Å²) in [4.78, 5) is 10.1. The number of halogens is 3. The lowest BCUT2D eigenvalue weighted by molar-refractivity contribution is -0.134. The maximum absolute atomic E-state index is 12.8. The average molecular weight is 205 g/mol. The lowest BCUT2D eigenvalue weighted by Crippen LogP contribution is -2.14. The molecule has 0 aromatic heterocycles. The molecule has 3 nitrogen and oxygen atoms in total. The van der Waals surface area contributed by atoms with Crippen LogP contribution in [0.25, 0.3) is 0 Å². The van der Waals surface area contributed by atoms with Gasteiger partial charge in [0.25, 0.3) is 0 Å². The van der Waals surface area contributed by atoms with Crippen molar-refractivity contribution in [2.24, 2.45) is 0 Å². The van der Waals surface area contributed by atoms with Crippen LogP contribution in [0.15, 0.2) is 12.1 Å². The highest BCUT2D eigenvalue weighted by molar-refractivity contribution is 5.72. The van der Waals surface area contributed by atoms with Crippen LogP contribution in [0.5, 0.6) is 0 Å². The number of carboxylic acids is 1. The van der Waals surface area contributed by atoms with E-state index in [0.717, 1.165) is 0 Å². The standard InChI is InChI=1S/C8H6F3NO2/c9-4-1-5(10)8(6(11)2-4)12-3-7(13)14/h1-2,12H,3H2,(H,13,14). The van der Waals surface area contributed by atoms with Gasteiger partial charge < -0.3 is 10.4 Å². The van der Waals surface area contributed by atoms with E-state index in [2.05, 4.69) is 0 Å². The molecule has 0 saturated heterocycles. The number of rotatable bonds is 3. The van der Waals surface area contributed by atoms with E-state index in [0.29, 0.717) is 12.1 Å². The Hall–Kier alpha value is -1.72. The maximum atomic E-state index is 12.8. The summed E-state index contributed by atoms with van der Waals surface area (Å²) in [6.45, 7) is -0.639. The Morgan fingerprint density at radius 1 is 1.29 bits per heavy atom. The Kier molecular flexibility index (Phi) is 2.95. The molecule has 76 valence electrons. The van der Waals surface area contributed by atoms with Gasteiger partial charge in [-0.25, -0.2) is 13.2 Å². The zero-order valence-electron chi connectivity index (χ0n) is 6.85. The fourth-order valence-corrected chi connectivity index (χ4v) is 0.875. The summed E-state index contributed by atoms with van der Waals surface area (Å²) in [7, 11) is 0. The van der Waals surface area contributed by atoms with Crippen molar-refractivity contribution >= 4 is 11.7 Å². The Morgan fingerprint density at radius 3 is 2.21 bits per heavy atom. The summed E-state index contributed by atoms with van der Waals surface area (Å²) in [5, 5.41) is 10.2. The molecule has 0 aliphatic rings. The molecule has 0 amide bonds. The number of hydrogen-bond acceptors (Lipinski definition) is 2. The second-order valence-electron chi connectivity index (χ2n) is 2.49. The van der Waals surface area contributed by atoms with E-state index in [9.17, 15) is 18.0 Å². The van der Waals surface area contributed by atoms with Crippen molar-refractivity contribution in [3.63, 3.8) is 0 Å². The molecule has 0 bridgehead atoms. The smallest absolute Gasteiger partial charge is 0.322 e. The molecule has 0 aliphatic carbocycles. The normalized spacial score (nSPS) is 9.93. The predicted octanol–water partition coefficient (Wildman–Crippen LogP) is 1.60. The maximum Gasteiger partial charge on any atom is 0.322 e. The second-order valence-corrected chi connectivity index (χ2v) is 2.49. The Morgan fingerprint density at radius 2 is 1.79 bits per heavy atom. The van der Waals surface area contributed by atoms with Crippen LogP contribution in [0.2, 0.25) is 0 Å². The van der Waals surface area contributed by atoms with Crippen molar-refractivity contribution in [2.45, 2.75) is 0 Å². The van der Waals surface area contributed by atoms with Gasteiger partial charge in [0.05, 0.1) is 0 Å². The summed E-state index contributed by atoms with van der Waals surface area (Å²) in [6, 6.07) is 0.931. The summed E-state index contributed by atoms with van der Waals surface area (Å²) in [5.41, 5.74) is -0.645. The van der Waals surface area contributed by atoms with E-state index in [4.69, 9.17) is 5.11 Å². The predicted molar refractivity (Wildman–Crippen MR) is 42.4 cm³/mol. The van der Waals surface area contributed by atoms with Gasteiger partial charge >= 0.3 is 5.97 Å². The van der Waals surface area contributed by atoms with E-state index in [1.807, 2.05) is 5.32 Å². The Labute approximate surface area is 77.2 Å². The van der Waals surface area contributed by atoms with Crippen molar-refractivity contribution in [1.82, 2.24) is 0 Å². The van der Waals surface area contributed by atoms with Gasteiger partial charge in [0, 0.05) is 12.1 Å². The van der Waals surface area contributed by atoms with Crippen molar-refractivity contribution in [3.8, 4) is 0 Å². The molecule has 1 rings (SSSR count). The zero-order chi connectivity index (χ0) is 10.7. The van der Waals surface area contributed by atoms with Crippen molar-refractivity contribution in [1.29, 1.82) is 0 Å². The SMILES string of the molecule is O=C(O)CNc1c(F)cc(F)cc1F. The van der Waals surface area contributed by atoms with E-state index in [-0.39, 0.29) is 0 Å². The molecule has 2 N–H and O–H groups in total. The van der Waals surface area contributed by atoms with Crippen molar-refractivity contribution in [2.75, 3.05) is 11.9 Å². The lowest BCUT2D eigenvalue weighted by Gasteiger charge is -2.05. The van der Waals surface area contributed by atoms with E-state index in [1.165, 1.54) is 0 Å². The van der Waals surface area contributed by atoms with Crippen LogP contribution in [0.1, 0.15) is 0 Å². The first-order chi connectivity index (χ1) is 6.50. The first-order valence-corrected chi connectivity index (χ1v) is 3.61. The molecule has 6 heteroatoms. The molecule has 0 radical (unpaired) electrons. The lowest BCUT2D eigenvalue weighted by atomic mass is 10.3. The van der Waals surface area contributed by atoms with Crippen LogP contribution in [0, 0.1) is 17.5 Å². The van der Waals surface area contributed by atoms with Gasteiger partial charge in [-0.3, -0.25) is 4.79 Å². The van der Waals surface area contributed by atoms with Gasteiger partial charge in [0.15, 0.2) is 11.6 Å². The van der Waals surface area contributed by atoms with Gasteiger partial charge in [-0.15, -0.1) is 0 Å². The molecule has 0 fully saturated rings. The molecule has 1 aromatic rings. The third-order valence-electron chi connectivity index (χ3n) is 1.42. The number of carbonyl (C=O) groups is 1. The molecule has 14 heavy (non-hydrogen) atoms. The van der Waals surface area contributed by atoms with Crippen molar-refractivity contribution < 1.29 is 23.1 Å². The van der Waals surface area contributed by atoms with Gasteiger partial charge in [0.1, 0.15) is 18.0 Å². The minimum absolute atomic E-state index is 0.466. The van der Waals surface area contributed by atoms with E-state index < -0.39 is 35.7 Å². The topological polar surface area (TPSA) is 49.3 Å². The van der Waals surface area contributed by atoms with Crippen LogP contribution in [0.4, 0.5) is 18.9 Å². The van der Waals surface area contributed by atoms with E-state index in [1.54, 1.807) is 0 Å². The molecular weight excluding hydrogens is 199 g/mol. The van der Waals surface area contributed by atoms with Gasteiger partial charge in [-0.05, 0) is 0 Å².